The minimum Gasteiger partial charge on any atom is -0.327 e. The van der Waals surface area contributed by atoms with Crippen LogP contribution in [0.15, 0.2) is 0 Å². The van der Waals surface area contributed by atoms with Crippen LogP contribution < -0.4 is 0 Å². The van der Waals surface area contributed by atoms with Crippen molar-refractivity contribution < 1.29 is 14.5 Å². The Labute approximate surface area is 48.5 Å². The molecule has 0 bridgehead atoms. The summed E-state index contributed by atoms with van der Waals surface area (Å²) in [4.78, 5) is 9.17. The van der Waals surface area contributed by atoms with E-state index in [0.717, 1.165) is 0 Å². The van der Waals surface area contributed by atoms with Gasteiger partial charge in [-0.05, 0) is 0 Å². The molecular weight excluding hydrogens is 108 g/mol. The lowest BCUT2D eigenvalue weighted by atomic mass is 10.2. The summed E-state index contributed by atoms with van der Waals surface area (Å²) in [7, 11) is 1.56. The second-order valence-electron chi connectivity index (χ2n) is 2.13. The standard InChI is InChI=1S/C5H10O3/c1-4(2)5(6-3)7-8-5/h4H,1-3H3. The van der Waals surface area contributed by atoms with Gasteiger partial charge >= 0.3 is 5.97 Å². The van der Waals surface area contributed by atoms with Gasteiger partial charge < -0.3 is 4.74 Å². The van der Waals surface area contributed by atoms with Crippen molar-refractivity contribution >= 4 is 0 Å². The van der Waals surface area contributed by atoms with E-state index in [2.05, 4.69) is 9.78 Å². The molecule has 3 heteroatoms. The topological polar surface area (TPSA) is 34.3 Å². The van der Waals surface area contributed by atoms with Crippen LogP contribution in [0.25, 0.3) is 0 Å². The minimum atomic E-state index is -0.708. The van der Waals surface area contributed by atoms with Crippen LogP contribution in [0.2, 0.25) is 0 Å². The van der Waals surface area contributed by atoms with Crippen LogP contribution in [-0.2, 0) is 14.5 Å². The highest BCUT2D eigenvalue weighted by molar-refractivity contribution is 4.64. The van der Waals surface area contributed by atoms with E-state index in [0.29, 0.717) is 0 Å². The zero-order valence-corrected chi connectivity index (χ0v) is 5.30. The minimum absolute atomic E-state index is 0.257. The molecule has 0 spiro atoms. The van der Waals surface area contributed by atoms with Crippen molar-refractivity contribution in [2.45, 2.75) is 19.8 Å². The van der Waals surface area contributed by atoms with E-state index in [1.807, 2.05) is 13.8 Å². The second kappa shape index (κ2) is 1.69. The average Bonchev–Trinajstić information content (AvgIpc) is 2.44. The first-order chi connectivity index (χ1) is 3.71. The maximum atomic E-state index is 4.87. The van der Waals surface area contributed by atoms with E-state index in [9.17, 15) is 0 Å². The molecule has 1 fully saturated rings. The summed E-state index contributed by atoms with van der Waals surface area (Å²) in [6.07, 6.45) is 0. The number of hydrogen-bond donors (Lipinski definition) is 0. The first kappa shape index (κ1) is 6.01. The Kier molecular flexibility index (Phi) is 1.27. The fourth-order valence-electron chi connectivity index (χ4n) is 0.537. The Balaban J connectivity index is 2.41. The maximum absolute atomic E-state index is 4.87. The predicted octanol–water partition coefficient (Wildman–Crippen LogP) is 0.904. The van der Waals surface area contributed by atoms with Gasteiger partial charge in [0.05, 0.1) is 0 Å². The molecule has 1 rings (SSSR count). The number of ether oxygens (including phenoxy) is 1. The Morgan fingerprint density at radius 2 is 1.88 bits per heavy atom. The molecule has 1 aliphatic heterocycles. The lowest BCUT2D eigenvalue weighted by molar-refractivity contribution is -0.0568. The molecule has 1 aliphatic rings. The molecule has 0 saturated carbocycles. The van der Waals surface area contributed by atoms with Crippen LogP contribution in [0.1, 0.15) is 13.8 Å². The Hall–Kier alpha value is -0.120. The van der Waals surface area contributed by atoms with Gasteiger partial charge in [0.25, 0.3) is 0 Å². The van der Waals surface area contributed by atoms with Crippen molar-refractivity contribution in [3.8, 4) is 0 Å². The normalized spacial score (nSPS) is 24.0. The molecule has 1 saturated heterocycles. The van der Waals surface area contributed by atoms with E-state index in [1.165, 1.54) is 0 Å². The Morgan fingerprint density at radius 3 is 1.88 bits per heavy atom. The summed E-state index contributed by atoms with van der Waals surface area (Å²) in [5, 5.41) is 0. The third-order valence-electron chi connectivity index (χ3n) is 1.24. The number of methoxy groups -OCH3 is 1. The largest absolute Gasteiger partial charge is 0.342 e. The van der Waals surface area contributed by atoms with E-state index >= 15 is 0 Å². The van der Waals surface area contributed by atoms with Crippen molar-refractivity contribution in [2.24, 2.45) is 5.92 Å². The third-order valence-corrected chi connectivity index (χ3v) is 1.24. The highest BCUT2D eigenvalue weighted by atomic mass is 17.4. The average molecular weight is 118 g/mol. The molecule has 0 aromatic heterocycles. The zero-order valence-electron chi connectivity index (χ0n) is 5.30. The molecule has 0 aromatic rings. The quantitative estimate of drug-likeness (QED) is 0.399. The monoisotopic (exact) mass is 118 g/mol. The van der Waals surface area contributed by atoms with Crippen LogP contribution in [-0.4, -0.2) is 13.1 Å². The van der Waals surface area contributed by atoms with Gasteiger partial charge in [0.15, 0.2) is 0 Å². The molecule has 0 aliphatic carbocycles. The molecule has 8 heavy (non-hydrogen) atoms. The van der Waals surface area contributed by atoms with Gasteiger partial charge in [0.2, 0.25) is 0 Å². The summed E-state index contributed by atoms with van der Waals surface area (Å²) in [5.74, 6) is -0.451. The molecule has 3 nitrogen and oxygen atoms in total. The summed E-state index contributed by atoms with van der Waals surface area (Å²) in [6, 6.07) is 0. The van der Waals surface area contributed by atoms with Crippen molar-refractivity contribution in [2.75, 3.05) is 7.11 Å². The fraction of sp³-hybridized carbons (Fsp3) is 1.00. The predicted molar refractivity (Wildman–Crippen MR) is 26.7 cm³/mol. The van der Waals surface area contributed by atoms with Gasteiger partial charge in [-0.3, -0.25) is 0 Å². The summed E-state index contributed by atoms with van der Waals surface area (Å²) >= 11 is 0. The molecule has 0 N–H and O–H groups in total. The molecule has 0 radical (unpaired) electrons. The maximum Gasteiger partial charge on any atom is 0.342 e. The molecule has 0 amide bonds. The van der Waals surface area contributed by atoms with Crippen molar-refractivity contribution in [3.05, 3.63) is 0 Å². The SMILES string of the molecule is COC1(C(C)C)OO1. The van der Waals surface area contributed by atoms with Gasteiger partial charge in [-0.2, -0.15) is 9.78 Å². The zero-order chi connectivity index (χ0) is 6.20. The molecular formula is C5H10O3. The summed E-state index contributed by atoms with van der Waals surface area (Å²) < 4.78 is 4.87. The van der Waals surface area contributed by atoms with Gasteiger partial charge in [0, 0.05) is 13.0 Å². The van der Waals surface area contributed by atoms with Gasteiger partial charge in [-0.1, -0.05) is 13.8 Å². The lowest BCUT2D eigenvalue weighted by Crippen LogP contribution is -2.20. The Morgan fingerprint density at radius 1 is 1.38 bits per heavy atom. The van der Waals surface area contributed by atoms with Crippen LogP contribution in [0.3, 0.4) is 0 Å². The Bertz CT molecular complexity index is 85.7. The van der Waals surface area contributed by atoms with E-state index in [-0.39, 0.29) is 5.92 Å². The summed E-state index contributed by atoms with van der Waals surface area (Å²) in [5.41, 5.74) is 0. The van der Waals surface area contributed by atoms with Crippen LogP contribution >= 0.6 is 0 Å². The smallest absolute Gasteiger partial charge is 0.327 e. The van der Waals surface area contributed by atoms with Crippen molar-refractivity contribution in [1.82, 2.24) is 0 Å². The van der Waals surface area contributed by atoms with Gasteiger partial charge in [-0.15, -0.1) is 0 Å². The van der Waals surface area contributed by atoms with Gasteiger partial charge in [-0.25, -0.2) is 0 Å². The fourth-order valence-corrected chi connectivity index (χ4v) is 0.537. The molecule has 0 aromatic carbocycles. The first-order valence-corrected chi connectivity index (χ1v) is 2.63. The van der Waals surface area contributed by atoms with E-state index in [1.54, 1.807) is 7.11 Å². The molecule has 0 atom stereocenters. The number of hydrogen-bond acceptors (Lipinski definition) is 3. The van der Waals surface area contributed by atoms with Crippen molar-refractivity contribution in [1.29, 1.82) is 0 Å². The number of rotatable bonds is 2. The molecule has 48 valence electrons. The lowest BCUT2D eigenvalue weighted by Gasteiger charge is -2.06. The van der Waals surface area contributed by atoms with Crippen molar-refractivity contribution in [3.63, 3.8) is 0 Å². The van der Waals surface area contributed by atoms with E-state index < -0.39 is 5.97 Å². The molecule has 1 heterocycles. The first-order valence-electron chi connectivity index (χ1n) is 2.63. The highest BCUT2D eigenvalue weighted by Gasteiger charge is 2.53. The second-order valence-corrected chi connectivity index (χ2v) is 2.13. The van der Waals surface area contributed by atoms with Crippen LogP contribution in [0, 0.1) is 5.92 Å². The van der Waals surface area contributed by atoms with E-state index in [4.69, 9.17) is 4.74 Å². The van der Waals surface area contributed by atoms with Crippen LogP contribution in [0.5, 0.6) is 0 Å². The third kappa shape index (κ3) is 0.727. The summed E-state index contributed by atoms with van der Waals surface area (Å²) in [6.45, 7) is 3.94. The highest BCUT2D eigenvalue weighted by Crippen LogP contribution is 2.37. The van der Waals surface area contributed by atoms with Gasteiger partial charge in [0.1, 0.15) is 0 Å². The molecule has 0 unspecified atom stereocenters. The van der Waals surface area contributed by atoms with Crippen LogP contribution in [0.4, 0.5) is 0 Å².